The summed E-state index contributed by atoms with van der Waals surface area (Å²) in [5.41, 5.74) is 1.86. The van der Waals surface area contributed by atoms with E-state index in [1.165, 1.54) is 4.90 Å². The number of ether oxygens (including phenoxy) is 1. The van der Waals surface area contributed by atoms with Crippen molar-refractivity contribution >= 4 is 11.7 Å². The lowest BCUT2D eigenvalue weighted by Gasteiger charge is -2.43. The molecule has 5 nitrogen and oxygen atoms in total. The lowest BCUT2D eigenvalue weighted by Crippen LogP contribution is -2.73. The third kappa shape index (κ3) is 3.55. The van der Waals surface area contributed by atoms with Gasteiger partial charge in [-0.05, 0) is 31.5 Å². The number of carbonyl (C=O) groups is 1. The number of hydrogen-bond acceptors (Lipinski definition) is 4. The van der Waals surface area contributed by atoms with Gasteiger partial charge in [0, 0.05) is 31.0 Å². The zero-order valence-corrected chi connectivity index (χ0v) is 13.0. The zero-order valence-electron chi connectivity index (χ0n) is 13.0. The van der Waals surface area contributed by atoms with Gasteiger partial charge in [-0.1, -0.05) is 0 Å². The Kier molecular flexibility index (Phi) is 4.80. The summed E-state index contributed by atoms with van der Waals surface area (Å²) >= 11 is 0. The number of rotatable bonds is 4. The molecule has 1 aromatic carbocycles. The molecule has 0 bridgehead atoms. The molecule has 1 heterocycles. The first-order valence-electron chi connectivity index (χ1n) is 7.99. The molecule has 0 spiro atoms. The third-order valence-electron chi connectivity index (χ3n) is 4.78. The third-order valence-corrected chi connectivity index (χ3v) is 4.78. The lowest BCUT2D eigenvalue weighted by atomic mass is 9.87. The van der Waals surface area contributed by atoms with Crippen LogP contribution in [-0.4, -0.2) is 47.0 Å². The number of nitrogens with zero attached hydrogens (tertiary/aromatic N) is 1. The maximum Gasteiger partial charge on any atom is 0.404 e. The van der Waals surface area contributed by atoms with Crippen molar-refractivity contribution in [2.75, 3.05) is 6.54 Å². The van der Waals surface area contributed by atoms with Crippen molar-refractivity contribution < 1.29 is 33.4 Å². The van der Waals surface area contributed by atoms with E-state index in [9.17, 15) is 18.0 Å². The lowest BCUT2D eigenvalue weighted by molar-refractivity contribution is -0.825. The van der Waals surface area contributed by atoms with Crippen LogP contribution in [0, 0.1) is 0 Å². The Balaban J connectivity index is 1.50. The molecule has 1 saturated heterocycles. The molecule has 1 unspecified atom stereocenters. The van der Waals surface area contributed by atoms with E-state index < -0.39 is 18.2 Å². The van der Waals surface area contributed by atoms with Gasteiger partial charge in [-0.25, -0.2) is 10.0 Å². The van der Waals surface area contributed by atoms with Gasteiger partial charge >= 0.3 is 12.1 Å². The molecule has 2 fully saturated rings. The Hall–Kier alpha value is -1.64. The first-order valence-corrected chi connectivity index (χ1v) is 7.99. The van der Waals surface area contributed by atoms with Gasteiger partial charge in [0.05, 0.1) is 5.56 Å². The van der Waals surface area contributed by atoms with Crippen LogP contribution in [0.25, 0.3) is 0 Å². The standard InChI is InChI=1S/C16H19F3N2O3/c17-16(18,19)14-2-1-7-21(14)12-8-13(9-12)24-15(22)10-3-5-11(20-23)6-4-10/h3-6,12-14,20,23H,1-2,7-9H2/p+1. The summed E-state index contributed by atoms with van der Waals surface area (Å²) < 4.78 is 44.3. The molecule has 1 atom stereocenters. The number of benzene rings is 1. The van der Waals surface area contributed by atoms with Crippen LogP contribution in [0.3, 0.4) is 0 Å². The van der Waals surface area contributed by atoms with Crippen molar-refractivity contribution in [2.24, 2.45) is 0 Å². The molecule has 0 aromatic heterocycles. The van der Waals surface area contributed by atoms with E-state index in [1.54, 1.807) is 24.3 Å². The van der Waals surface area contributed by atoms with Gasteiger partial charge in [-0.2, -0.15) is 18.7 Å². The van der Waals surface area contributed by atoms with Gasteiger partial charge in [0.1, 0.15) is 12.1 Å². The summed E-state index contributed by atoms with van der Waals surface area (Å²) in [6, 6.07) is 4.72. The van der Waals surface area contributed by atoms with E-state index in [1.807, 2.05) is 0 Å². The van der Waals surface area contributed by atoms with Gasteiger partial charge in [-0.3, -0.25) is 4.90 Å². The van der Waals surface area contributed by atoms with Gasteiger partial charge < -0.3 is 4.74 Å². The maximum absolute atomic E-state index is 13.0. The van der Waals surface area contributed by atoms with E-state index in [4.69, 9.17) is 9.94 Å². The average Bonchev–Trinajstić information content (AvgIpc) is 2.99. The van der Waals surface area contributed by atoms with Crippen molar-refractivity contribution in [1.82, 2.24) is 4.90 Å². The normalized spacial score (nSPS) is 27.8. The van der Waals surface area contributed by atoms with E-state index in [2.05, 4.69) is 0 Å². The number of hydrogen-bond donors (Lipinski definition) is 2. The molecule has 3 rings (SSSR count). The van der Waals surface area contributed by atoms with Gasteiger partial charge in [0.15, 0.2) is 5.69 Å². The number of halogens is 3. The molecule has 8 heteroatoms. The molecule has 1 aliphatic carbocycles. The van der Waals surface area contributed by atoms with E-state index in [0.717, 1.165) is 5.48 Å². The highest BCUT2D eigenvalue weighted by Gasteiger charge is 2.50. The average molecular weight is 345 g/mol. The fourth-order valence-electron chi connectivity index (χ4n) is 3.41. The van der Waals surface area contributed by atoms with Crippen molar-refractivity contribution in [3.63, 3.8) is 0 Å². The minimum atomic E-state index is -4.19. The van der Waals surface area contributed by atoms with Gasteiger partial charge in [-0.15, -0.1) is 0 Å². The van der Waals surface area contributed by atoms with Crippen molar-refractivity contribution in [3.05, 3.63) is 29.8 Å². The molecule has 0 radical (unpaired) electrons. The largest absolute Gasteiger partial charge is 0.459 e. The summed E-state index contributed by atoms with van der Waals surface area (Å²) in [7, 11) is 0. The molecule has 132 valence electrons. The van der Waals surface area contributed by atoms with Crippen molar-refractivity contribution in [1.29, 1.82) is 0 Å². The van der Waals surface area contributed by atoms with Crippen molar-refractivity contribution in [2.45, 2.75) is 50.0 Å². The number of quaternary nitrogens is 1. The molecule has 0 amide bonds. The van der Waals surface area contributed by atoms with Crippen LogP contribution in [0.15, 0.2) is 24.3 Å². The summed E-state index contributed by atoms with van der Waals surface area (Å²) in [5.74, 6) is -0.489. The van der Waals surface area contributed by atoms with Crippen LogP contribution in [0.5, 0.6) is 0 Å². The van der Waals surface area contributed by atoms with Crippen LogP contribution in [0.2, 0.25) is 0 Å². The Labute approximate surface area is 137 Å². The second-order valence-electron chi connectivity index (χ2n) is 6.34. The highest BCUT2D eigenvalue weighted by atomic mass is 19.4. The molecule has 2 aliphatic rings. The highest BCUT2D eigenvalue weighted by Crippen LogP contribution is 2.39. The predicted molar refractivity (Wildman–Crippen MR) is 77.8 cm³/mol. The minimum Gasteiger partial charge on any atom is -0.459 e. The number of likely N-dealkylation sites (tertiary alicyclic amines) is 1. The molecule has 1 aliphatic heterocycles. The summed E-state index contributed by atoms with van der Waals surface area (Å²) in [6.07, 6.45) is -2.93. The summed E-state index contributed by atoms with van der Waals surface area (Å²) in [5, 5.41) is 8.85. The second kappa shape index (κ2) is 6.70. The fourth-order valence-corrected chi connectivity index (χ4v) is 3.41. The fraction of sp³-hybridized carbons (Fsp3) is 0.562. The number of alkyl halides is 3. The van der Waals surface area contributed by atoms with Crippen LogP contribution in [0.4, 0.5) is 18.9 Å². The molecular weight excluding hydrogens is 325 g/mol. The Morgan fingerprint density at radius 2 is 1.92 bits per heavy atom. The van der Waals surface area contributed by atoms with E-state index in [0.29, 0.717) is 37.1 Å². The van der Waals surface area contributed by atoms with Crippen LogP contribution < -0.4 is 5.48 Å². The first kappa shape index (κ1) is 17.2. The van der Waals surface area contributed by atoms with Gasteiger partial charge in [0.2, 0.25) is 0 Å². The monoisotopic (exact) mass is 345 g/mol. The SMILES string of the molecule is O=C(OC1CC(N2CCCC2C(F)(F)F)C1)c1ccc([NH2+]O)cc1. The number of carbonyl (C=O) groups excluding carboxylic acids is 1. The smallest absolute Gasteiger partial charge is 0.404 e. The Bertz CT molecular complexity index is 585. The topological polar surface area (TPSA) is 66.4 Å². The molecule has 1 saturated carbocycles. The molecule has 24 heavy (non-hydrogen) atoms. The Morgan fingerprint density at radius 1 is 1.25 bits per heavy atom. The second-order valence-corrected chi connectivity index (χ2v) is 6.34. The maximum atomic E-state index is 13.0. The summed E-state index contributed by atoms with van der Waals surface area (Å²) in [6.45, 7) is 0.453. The van der Waals surface area contributed by atoms with Crippen LogP contribution in [0.1, 0.15) is 36.0 Å². The van der Waals surface area contributed by atoms with E-state index >= 15 is 0 Å². The van der Waals surface area contributed by atoms with Crippen molar-refractivity contribution in [3.8, 4) is 0 Å². The van der Waals surface area contributed by atoms with E-state index in [-0.39, 0.29) is 18.6 Å². The highest BCUT2D eigenvalue weighted by molar-refractivity contribution is 5.89. The van der Waals surface area contributed by atoms with Gasteiger partial charge in [0.25, 0.3) is 0 Å². The molecular formula is C16H20F3N2O3+. The predicted octanol–water partition coefficient (Wildman–Crippen LogP) is 1.99. The molecule has 1 aromatic rings. The Morgan fingerprint density at radius 3 is 2.50 bits per heavy atom. The van der Waals surface area contributed by atoms with Crippen LogP contribution in [-0.2, 0) is 4.74 Å². The number of esters is 1. The quantitative estimate of drug-likeness (QED) is 0.498. The molecule has 3 N–H and O–H groups in total. The minimum absolute atomic E-state index is 0.151. The van der Waals surface area contributed by atoms with Crippen LogP contribution >= 0.6 is 0 Å². The number of nitrogens with two attached hydrogens (primary N) is 1. The first-order chi connectivity index (χ1) is 11.4. The summed E-state index contributed by atoms with van der Waals surface area (Å²) in [4.78, 5) is 13.5. The zero-order chi connectivity index (χ0) is 17.3.